The Bertz CT molecular complexity index is 769. The highest BCUT2D eigenvalue weighted by Crippen LogP contribution is 2.44. The van der Waals surface area contributed by atoms with E-state index in [-0.39, 0.29) is 17.8 Å². The summed E-state index contributed by atoms with van der Waals surface area (Å²) in [6.45, 7) is 4.12. The first-order valence-electron chi connectivity index (χ1n) is 7.72. The van der Waals surface area contributed by atoms with Gasteiger partial charge in [0.1, 0.15) is 17.5 Å². The number of nitrogens with one attached hydrogen (secondary N) is 1. The van der Waals surface area contributed by atoms with Gasteiger partial charge in [-0.15, -0.1) is 0 Å². The predicted molar refractivity (Wildman–Crippen MR) is 83.5 cm³/mol. The van der Waals surface area contributed by atoms with Crippen molar-refractivity contribution < 1.29 is 13.2 Å². The number of nitriles is 1. The molecule has 1 aliphatic heterocycles. The summed E-state index contributed by atoms with van der Waals surface area (Å²) in [5.74, 6) is 0.483. The monoisotopic (exact) mass is 334 g/mol. The van der Waals surface area contributed by atoms with Gasteiger partial charge in [-0.25, -0.2) is 4.68 Å². The summed E-state index contributed by atoms with van der Waals surface area (Å²) in [6.07, 6.45) is -3.42. The fourth-order valence-electron chi connectivity index (χ4n) is 2.98. The van der Waals surface area contributed by atoms with Gasteiger partial charge in [0.2, 0.25) is 0 Å². The Kier molecular flexibility index (Phi) is 3.99. The average molecular weight is 334 g/mol. The molecule has 7 heteroatoms. The van der Waals surface area contributed by atoms with Gasteiger partial charge >= 0.3 is 6.18 Å². The smallest absolute Gasteiger partial charge is 0.362 e. The Morgan fingerprint density at radius 1 is 1.29 bits per heavy atom. The number of alkyl halides is 3. The fourth-order valence-corrected chi connectivity index (χ4v) is 2.98. The minimum atomic E-state index is -4.42. The van der Waals surface area contributed by atoms with Crippen LogP contribution in [0.4, 0.5) is 19.0 Å². The third kappa shape index (κ3) is 2.84. The van der Waals surface area contributed by atoms with Crippen molar-refractivity contribution in [2.45, 2.75) is 44.4 Å². The lowest BCUT2D eigenvalue weighted by Gasteiger charge is -2.33. The number of nitrogens with zero attached hydrogens (tertiary/aromatic N) is 3. The summed E-state index contributed by atoms with van der Waals surface area (Å²) < 4.78 is 41.1. The summed E-state index contributed by atoms with van der Waals surface area (Å²) in [7, 11) is 0. The molecule has 0 radical (unpaired) electrons. The highest BCUT2D eigenvalue weighted by Gasteiger charge is 2.46. The largest absolute Gasteiger partial charge is 0.410 e. The molecule has 0 aliphatic carbocycles. The topological polar surface area (TPSA) is 53.6 Å². The fraction of sp³-hybridized carbons (Fsp3) is 0.412. The van der Waals surface area contributed by atoms with Crippen LogP contribution in [-0.4, -0.2) is 16.0 Å². The first-order valence-corrected chi connectivity index (χ1v) is 7.72. The molecule has 0 bridgehead atoms. The Labute approximate surface area is 137 Å². The maximum atomic E-state index is 13.4. The molecule has 1 aliphatic rings. The number of hydrogen-bond donors (Lipinski definition) is 1. The zero-order valence-electron chi connectivity index (χ0n) is 13.3. The Hall–Kier alpha value is -2.49. The number of fused-ring (bicyclic) bond motifs is 1. The minimum absolute atomic E-state index is 0.118. The molecule has 1 aromatic heterocycles. The van der Waals surface area contributed by atoms with Gasteiger partial charge in [-0.2, -0.15) is 23.5 Å². The first kappa shape index (κ1) is 16.4. The summed E-state index contributed by atoms with van der Waals surface area (Å²) in [5.41, 5.74) is 2.02. The van der Waals surface area contributed by atoms with E-state index in [1.54, 1.807) is 0 Å². The number of aromatic nitrogens is 2. The molecule has 126 valence electrons. The van der Waals surface area contributed by atoms with Crippen molar-refractivity contribution in [2.24, 2.45) is 0 Å². The number of benzene rings is 1. The van der Waals surface area contributed by atoms with Gasteiger partial charge in [0, 0.05) is 6.42 Å². The molecule has 24 heavy (non-hydrogen) atoms. The van der Waals surface area contributed by atoms with Crippen LogP contribution in [0.5, 0.6) is 0 Å². The van der Waals surface area contributed by atoms with Crippen LogP contribution >= 0.6 is 0 Å². The van der Waals surface area contributed by atoms with E-state index in [1.807, 2.05) is 30.3 Å². The minimum Gasteiger partial charge on any atom is -0.362 e. The van der Waals surface area contributed by atoms with Crippen LogP contribution in [-0.2, 0) is 0 Å². The summed E-state index contributed by atoms with van der Waals surface area (Å²) >= 11 is 0. The van der Waals surface area contributed by atoms with E-state index in [0.717, 1.165) is 15.8 Å². The van der Waals surface area contributed by atoms with Crippen LogP contribution < -0.4 is 5.32 Å². The van der Waals surface area contributed by atoms with Crippen LogP contribution in [0.15, 0.2) is 30.5 Å². The highest BCUT2D eigenvalue weighted by molar-refractivity contribution is 5.54. The van der Waals surface area contributed by atoms with Crippen molar-refractivity contribution in [1.82, 2.24) is 9.78 Å². The first-order chi connectivity index (χ1) is 11.3. The van der Waals surface area contributed by atoms with Gasteiger partial charge in [0.05, 0.1) is 12.2 Å². The summed E-state index contributed by atoms with van der Waals surface area (Å²) in [4.78, 5) is 0. The second kappa shape index (κ2) is 5.86. The molecule has 0 fully saturated rings. The van der Waals surface area contributed by atoms with Crippen LogP contribution in [0, 0.1) is 11.3 Å². The van der Waals surface area contributed by atoms with Crippen molar-refractivity contribution in [3.8, 4) is 6.07 Å². The van der Waals surface area contributed by atoms with Crippen LogP contribution in [0.3, 0.4) is 0 Å². The third-order valence-corrected chi connectivity index (χ3v) is 4.36. The standard InChI is InChI=1S/C17H17F3N4/c1-10(2)11-3-5-12(6-4-11)14-7-15(17(18,19)20)24-16(23-14)13(8-21)9-22-24/h3-6,9-10,14-15,23H,7H2,1-2H3/t14-,15+/m1/s1. The molecule has 0 amide bonds. The molecule has 2 aromatic rings. The molecule has 1 N–H and O–H groups in total. The Balaban J connectivity index is 1.98. The maximum Gasteiger partial charge on any atom is 0.410 e. The van der Waals surface area contributed by atoms with E-state index in [1.165, 1.54) is 6.20 Å². The number of anilines is 1. The molecule has 2 heterocycles. The molecule has 2 atom stereocenters. The Morgan fingerprint density at radius 2 is 1.96 bits per heavy atom. The molecule has 0 saturated heterocycles. The summed E-state index contributed by atoms with van der Waals surface area (Å²) in [6, 6.07) is 7.18. The zero-order valence-corrected chi connectivity index (χ0v) is 13.3. The molecule has 3 rings (SSSR count). The normalized spacial score (nSPS) is 20.4. The van der Waals surface area contributed by atoms with Crippen molar-refractivity contribution in [3.05, 3.63) is 47.2 Å². The van der Waals surface area contributed by atoms with Gasteiger partial charge in [0.15, 0.2) is 6.04 Å². The quantitative estimate of drug-likeness (QED) is 0.877. The number of hydrogen-bond acceptors (Lipinski definition) is 3. The highest BCUT2D eigenvalue weighted by atomic mass is 19.4. The average Bonchev–Trinajstić information content (AvgIpc) is 2.96. The molecule has 0 spiro atoms. The summed E-state index contributed by atoms with van der Waals surface area (Å²) in [5, 5.41) is 15.9. The maximum absolute atomic E-state index is 13.4. The molecular formula is C17H17F3N4. The van der Waals surface area contributed by atoms with Gasteiger partial charge in [-0.1, -0.05) is 38.1 Å². The van der Waals surface area contributed by atoms with Gasteiger partial charge in [-0.05, 0) is 17.0 Å². The molecule has 0 saturated carbocycles. The Morgan fingerprint density at radius 3 is 2.50 bits per heavy atom. The molecule has 0 unspecified atom stereocenters. The van der Waals surface area contributed by atoms with Crippen LogP contribution in [0.25, 0.3) is 0 Å². The second-order valence-electron chi connectivity index (χ2n) is 6.27. The van der Waals surface area contributed by atoms with E-state index in [9.17, 15) is 13.2 Å². The van der Waals surface area contributed by atoms with Gasteiger partial charge < -0.3 is 5.32 Å². The van der Waals surface area contributed by atoms with Crippen molar-refractivity contribution >= 4 is 5.82 Å². The van der Waals surface area contributed by atoms with Crippen LogP contribution in [0.1, 0.15) is 55.0 Å². The van der Waals surface area contributed by atoms with E-state index in [0.29, 0.717) is 5.92 Å². The van der Waals surface area contributed by atoms with Crippen molar-refractivity contribution in [3.63, 3.8) is 0 Å². The van der Waals surface area contributed by atoms with Crippen LogP contribution in [0.2, 0.25) is 0 Å². The van der Waals surface area contributed by atoms with E-state index in [2.05, 4.69) is 24.3 Å². The van der Waals surface area contributed by atoms with Gasteiger partial charge in [0.25, 0.3) is 0 Å². The van der Waals surface area contributed by atoms with Crippen molar-refractivity contribution in [2.75, 3.05) is 5.32 Å². The molecule has 4 nitrogen and oxygen atoms in total. The SMILES string of the molecule is CC(C)c1ccc([C@H]2C[C@@H](C(F)(F)F)n3ncc(C#N)c3N2)cc1. The second-order valence-corrected chi connectivity index (χ2v) is 6.27. The number of rotatable bonds is 2. The molecule has 1 aromatic carbocycles. The van der Waals surface area contributed by atoms with Gasteiger partial charge in [-0.3, -0.25) is 0 Å². The number of halogens is 3. The molecular weight excluding hydrogens is 317 g/mol. The lowest BCUT2D eigenvalue weighted by atomic mass is 9.94. The van der Waals surface area contributed by atoms with Crippen molar-refractivity contribution in [1.29, 1.82) is 5.26 Å². The lowest BCUT2D eigenvalue weighted by molar-refractivity contribution is -0.173. The van der Waals surface area contributed by atoms with E-state index in [4.69, 9.17) is 5.26 Å². The van der Waals surface area contributed by atoms with E-state index < -0.39 is 18.3 Å². The zero-order chi connectivity index (χ0) is 17.5. The van der Waals surface area contributed by atoms with E-state index >= 15 is 0 Å². The predicted octanol–water partition coefficient (Wildman–Crippen LogP) is 4.54. The third-order valence-electron chi connectivity index (χ3n) is 4.36. The lowest BCUT2D eigenvalue weighted by Crippen LogP contribution is -2.35.